The maximum absolute atomic E-state index is 11.3. The molecule has 1 atom stereocenters. The van der Waals surface area contributed by atoms with E-state index in [0.29, 0.717) is 19.0 Å². The molecule has 0 saturated carbocycles. The standard InChI is InChI=1S/C14H27N3O2/c15-7-4-13(14(18)19)17-10-5-12(6-11-17)16-8-2-1-3-9-16/h12-13H,1-11,15H2,(H,18,19). The molecule has 5 nitrogen and oxygen atoms in total. The van der Waals surface area contributed by atoms with Gasteiger partial charge in [-0.3, -0.25) is 9.69 Å². The Balaban J connectivity index is 1.82. The van der Waals surface area contributed by atoms with Crippen LogP contribution in [0, 0.1) is 0 Å². The molecular weight excluding hydrogens is 242 g/mol. The molecular formula is C14H27N3O2. The van der Waals surface area contributed by atoms with Gasteiger partial charge >= 0.3 is 5.97 Å². The fourth-order valence-corrected chi connectivity index (χ4v) is 3.47. The number of carboxylic acid groups (broad SMARTS) is 1. The van der Waals surface area contributed by atoms with E-state index in [9.17, 15) is 9.90 Å². The molecule has 0 bridgehead atoms. The fraction of sp³-hybridized carbons (Fsp3) is 0.929. The van der Waals surface area contributed by atoms with E-state index >= 15 is 0 Å². The molecule has 1 unspecified atom stereocenters. The summed E-state index contributed by atoms with van der Waals surface area (Å²) in [6.45, 7) is 4.71. The van der Waals surface area contributed by atoms with Crippen molar-refractivity contribution in [2.45, 2.75) is 50.6 Å². The zero-order valence-corrected chi connectivity index (χ0v) is 11.8. The van der Waals surface area contributed by atoms with Crippen molar-refractivity contribution in [2.24, 2.45) is 5.73 Å². The second-order valence-electron chi connectivity index (χ2n) is 5.80. The highest BCUT2D eigenvalue weighted by atomic mass is 16.4. The molecule has 0 amide bonds. The van der Waals surface area contributed by atoms with Crippen LogP contribution in [0.5, 0.6) is 0 Å². The van der Waals surface area contributed by atoms with E-state index in [-0.39, 0.29) is 6.04 Å². The van der Waals surface area contributed by atoms with Crippen molar-refractivity contribution in [3.63, 3.8) is 0 Å². The Kier molecular flexibility index (Phi) is 5.60. The zero-order chi connectivity index (χ0) is 13.7. The van der Waals surface area contributed by atoms with Gasteiger partial charge in [0.25, 0.3) is 0 Å². The van der Waals surface area contributed by atoms with E-state index in [0.717, 1.165) is 25.9 Å². The molecule has 19 heavy (non-hydrogen) atoms. The van der Waals surface area contributed by atoms with Crippen LogP contribution < -0.4 is 5.73 Å². The largest absolute Gasteiger partial charge is 0.480 e. The number of piperidine rings is 2. The summed E-state index contributed by atoms with van der Waals surface area (Å²) in [6.07, 6.45) is 6.79. The van der Waals surface area contributed by atoms with Gasteiger partial charge in [0, 0.05) is 19.1 Å². The van der Waals surface area contributed by atoms with E-state index in [1.54, 1.807) is 0 Å². The van der Waals surface area contributed by atoms with Gasteiger partial charge in [0.1, 0.15) is 6.04 Å². The number of carbonyl (C=O) groups is 1. The fourth-order valence-electron chi connectivity index (χ4n) is 3.47. The number of carboxylic acids is 1. The number of nitrogens with zero attached hydrogens (tertiary/aromatic N) is 2. The predicted octanol–water partition coefficient (Wildman–Crippen LogP) is 0.739. The Hall–Kier alpha value is -0.650. The summed E-state index contributed by atoms with van der Waals surface area (Å²) in [4.78, 5) is 16.0. The zero-order valence-electron chi connectivity index (χ0n) is 11.8. The summed E-state index contributed by atoms with van der Waals surface area (Å²) in [7, 11) is 0. The average Bonchev–Trinajstić information content (AvgIpc) is 2.46. The second kappa shape index (κ2) is 7.22. The van der Waals surface area contributed by atoms with Crippen molar-refractivity contribution >= 4 is 5.97 Å². The lowest BCUT2D eigenvalue weighted by atomic mass is 9.98. The van der Waals surface area contributed by atoms with E-state index in [1.165, 1.54) is 32.4 Å². The van der Waals surface area contributed by atoms with Gasteiger partial charge in [0.2, 0.25) is 0 Å². The number of nitrogens with two attached hydrogens (primary N) is 1. The van der Waals surface area contributed by atoms with Gasteiger partial charge in [-0.2, -0.15) is 0 Å². The van der Waals surface area contributed by atoms with Crippen LogP contribution in [0.2, 0.25) is 0 Å². The van der Waals surface area contributed by atoms with Crippen LogP contribution in [-0.4, -0.2) is 65.7 Å². The highest BCUT2D eigenvalue weighted by Crippen LogP contribution is 2.22. The minimum atomic E-state index is -0.720. The van der Waals surface area contributed by atoms with Crippen molar-refractivity contribution in [3.05, 3.63) is 0 Å². The Morgan fingerprint density at radius 3 is 2.32 bits per heavy atom. The number of hydrogen-bond donors (Lipinski definition) is 2. The minimum absolute atomic E-state index is 0.382. The number of hydrogen-bond acceptors (Lipinski definition) is 4. The molecule has 3 N–H and O–H groups in total. The van der Waals surface area contributed by atoms with Gasteiger partial charge in [-0.15, -0.1) is 0 Å². The lowest BCUT2D eigenvalue weighted by Gasteiger charge is -2.41. The summed E-state index contributed by atoms with van der Waals surface area (Å²) >= 11 is 0. The predicted molar refractivity (Wildman–Crippen MR) is 75.1 cm³/mol. The summed E-state index contributed by atoms with van der Waals surface area (Å²) < 4.78 is 0. The minimum Gasteiger partial charge on any atom is -0.480 e. The van der Waals surface area contributed by atoms with Gasteiger partial charge < -0.3 is 15.7 Å². The highest BCUT2D eigenvalue weighted by molar-refractivity contribution is 5.73. The normalized spacial score (nSPS) is 25.3. The van der Waals surface area contributed by atoms with Crippen molar-refractivity contribution in [1.29, 1.82) is 0 Å². The van der Waals surface area contributed by atoms with Gasteiger partial charge in [0.05, 0.1) is 0 Å². The molecule has 2 rings (SSSR count). The van der Waals surface area contributed by atoms with Crippen molar-refractivity contribution in [2.75, 3.05) is 32.7 Å². The molecule has 2 aliphatic rings. The number of likely N-dealkylation sites (tertiary alicyclic amines) is 2. The number of aliphatic carboxylic acids is 1. The van der Waals surface area contributed by atoms with Crippen LogP contribution in [0.25, 0.3) is 0 Å². The van der Waals surface area contributed by atoms with Crippen LogP contribution in [0.1, 0.15) is 38.5 Å². The number of rotatable bonds is 5. The molecule has 0 aliphatic carbocycles. The van der Waals surface area contributed by atoms with Crippen molar-refractivity contribution < 1.29 is 9.90 Å². The monoisotopic (exact) mass is 269 g/mol. The molecule has 2 saturated heterocycles. The summed E-state index contributed by atoms with van der Waals surface area (Å²) in [6, 6.07) is 0.288. The third-order valence-electron chi connectivity index (χ3n) is 4.57. The van der Waals surface area contributed by atoms with Gasteiger partial charge in [-0.05, 0) is 51.7 Å². The Labute approximate surface area is 115 Å². The van der Waals surface area contributed by atoms with Crippen LogP contribution in [0.3, 0.4) is 0 Å². The lowest BCUT2D eigenvalue weighted by molar-refractivity contribution is -0.144. The van der Waals surface area contributed by atoms with Crippen molar-refractivity contribution in [3.8, 4) is 0 Å². The van der Waals surface area contributed by atoms with Gasteiger partial charge in [0.15, 0.2) is 0 Å². The average molecular weight is 269 g/mol. The SMILES string of the molecule is NCCC(C(=O)O)N1CCC(N2CCCCC2)CC1. The second-order valence-corrected chi connectivity index (χ2v) is 5.80. The quantitative estimate of drug-likeness (QED) is 0.770. The molecule has 0 aromatic heterocycles. The third kappa shape index (κ3) is 3.91. The van der Waals surface area contributed by atoms with E-state index in [1.807, 2.05) is 0 Å². The maximum Gasteiger partial charge on any atom is 0.320 e. The Bertz CT molecular complexity index is 284. The molecule has 5 heteroatoms. The van der Waals surface area contributed by atoms with Gasteiger partial charge in [-0.1, -0.05) is 6.42 Å². The smallest absolute Gasteiger partial charge is 0.320 e. The van der Waals surface area contributed by atoms with E-state index in [4.69, 9.17) is 5.73 Å². The topological polar surface area (TPSA) is 69.8 Å². The molecule has 110 valence electrons. The van der Waals surface area contributed by atoms with E-state index < -0.39 is 5.97 Å². The van der Waals surface area contributed by atoms with Crippen LogP contribution in [-0.2, 0) is 4.79 Å². The van der Waals surface area contributed by atoms with Crippen LogP contribution >= 0.6 is 0 Å². The first kappa shape index (κ1) is 14.8. The Morgan fingerprint density at radius 2 is 1.79 bits per heavy atom. The molecule has 0 aromatic carbocycles. The van der Waals surface area contributed by atoms with Crippen LogP contribution in [0.15, 0.2) is 0 Å². The first-order valence-electron chi connectivity index (χ1n) is 7.63. The first-order chi connectivity index (χ1) is 9.22. The Morgan fingerprint density at radius 1 is 1.16 bits per heavy atom. The third-order valence-corrected chi connectivity index (χ3v) is 4.57. The van der Waals surface area contributed by atoms with Crippen LogP contribution in [0.4, 0.5) is 0 Å². The van der Waals surface area contributed by atoms with Gasteiger partial charge in [-0.25, -0.2) is 0 Å². The summed E-state index contributed by atoms with van der Waals surface area (Å²) in [5, 5.41) is 9.26. The summed E-state index contributed by atoms with van der Waals surface area (Å²) in [5.74, 6) is -0.720. The van der Waals surface area contributed by atoms with Crippen molar-refractivity contribution in [1.82, 2.24) is 9.80 Å². The molecule has 2 fully saturated rings. The summed E-state index contributed by atoms with van der Waals surface area (Å²) in [5.41, 5.74) is 5.52. The maximum atomic E-state index is 11.3. The molecule has 0 aromatic rings. The van der Waals surface area contributed by atoms with E-state index in [2.05, 4.69) is 9.80 Å². The highest BCUT2D eigenvalue weighted by Gasteiger charge is 2.31. The first-order valence-corrected chi connectivity index (χ1v) is 7.63. The molecule has 0 radical (unpaired) electrons. The molecule has 2 heterocycles. The molecule has 2 aliphatic heterocycles. The lowest BCUT2D eigenvalue weighted by Crippen LogP contribution is -2.51. The molecule has 0 spiro atoms.